The van der Waals surface area contributed by atoms with E-state index in [1.54, 1.807) is 6.92 Å². The maximum absolute atomic E-state index is 11.9. The fourth-order valence-corrected chi connectivity index (χ4v) is 1.20. The van der Waals surface area contributed by atoms with Gasteiger partial charge in [0.1, 0.15) is 6.04 Å². The zero-order valence-corrected chi connectivity index (χ0v) is 10.3. The minimum absolute atomic E-state index is 0.230. The Hall–Kier alpha value is -1.47. The van der Waals surface area contributed by atoms with Crippen molar-refractivity contribution in [1.29, 1.82) is 0 Å². The van der Waals surface area contributed by atoms with E-state index in [0.717, 1.165) is 4.90 Å². The van der Waals surface area contributed by atoms with Crippen LogP contribution in [0.3, 0.4) is 0 Å². The van der Waals surface area contributed by atoms with Crippen molar-refractivity contribution in [2.45, 2.75) is 38.4 Å². The molecular formula is C10H17F3N2O3. The highest BCUT2D eigenvalue weighted by molar-refractivity contribution is 5.82. The number of aliphatic carboxylic acids is 1. The van der Waals surface area contributed by atoms with Gasteiger partial charge in [0.25, 0.3) is 0 Å². The first-order chi connectivity index (χ1) is 8.17. The minimum Gasteiger partial charge on any atom is -0.480 e. The summed E-state index contributed by atoms with van der Waals surface area (Å²) in [5, 5.41) is 11.0. The first-order valence-electron chi connectivity index (χ1n) is 5.48. The summed E-state index contributed by atoms with van der Waals surface area (Å²) in [5.74, 6) is -1.20. The molecule has 0 heterocycles. The Balaban J connectivity index is 4.24. The molecule has 18 heavy (non-hydrogen) atoms. The third-order valence-corrected chi connectivity index (χ3v) is 2.25. The number of rotatable bonds is 6. The predicted octanol–water partition coefficient (Wildman–Crippen LogP) is 1.83. The number of urea groups is 1. The van der Waals surface area contributed by atoms with Crippen LogP contribution < -0.4 is 5.32 Å². The van der Waals surface area contributed by atoms with Crippen LogP contribution in [0.25, 0.3) is 0 Å². The Morgan fingerprint density at radius 2 is 1.94 bits per heavy atom. The Bertz CT molecular complexity index is 295. The van der Waals surface area contributed by atoms with Crippen molar-refractivity contribution in [3.63, 3.8) is 0 Å². The van der Waals surface area contributed by atoms with Gasteiger partial charge in [-0.15, -0.1) is 0 Å². The van der Waals surface area contributed by atoms with E-state index in [9.17, 15) is 22.8 Å². The molecule has 0 rings (SSSR count). The van der Waals surface area contributed by atoms with Gasteiger partial charge < -0.3 is 15.3 Å². The minimum atomic E-state index is -4.34. The fraction of sp³-hybridized carbons (Fsp3) is 0.800. The molecule has 106 valence electrons. The molecule has 0 spiro atoms. The summed E-state index contributed by atoms with van der Waals surface area (Å²) in [6, 6.07) is -1.89. The van der Waals surface area contributed by atoms with Crippen LogP contribution >= 0.6 is 0 Å². The summed E-state index contributed by atoms with van der Waals surface area (Å²) in [6.45, 7) is 1.24. The van der Waals surface area contributed by atoms with Crippen molar-refractivity contribution in [3.05, 3.63) is 0 Å². The Labute approximate surface area is 103 Å². The summed E-state index contributed by atoms with van der Waals surface area (Å²) < 4.78 is 35.8. The van der Waals surface area contributed by atoms with E-state index >= 15 is 0 Å². The van der Waals surface area contributed by atoms with Gasteiger partial charge >= 0.3 is 18.2 Å². The van der Waals surface area contributed by atoms with E-state index in [-0.39, 0.29) is 6.42 Å². The van der Waals surface area contributed by atoms with Crippen LogP contribution in [0.2, 0.25) is 0 Å². The van der Waals surface area contributed by atoms with Crippen LogP contribution in [0, 0.1) is 0 Å². The monoisotopic (exact) mass is 270 g/mol. The SMILES string of the molecule is CCC[C@H](NC(=O)N(C)CCC(F)(F)F)C(=O)O. The quantitative estimate of drug-likeness (QED) is 0.773. The molecule has 0 aromatic heterocycles. The smallest absolute Gasteiger partial charge is 0.390 e. The van der Waals surface area contributed by atoms with E-state index in [4.69, 9.17) is 5.11 Å². The standard InChI is InChI=1S/C10H17F3N2O3/c1-3-4-7(8(16)17)14-9(18)15(2)6-5-10(11,12)13/h7H,3-6H2,1-2H3,(H,14,18)(H,16,17)/t7-/m0/s1. The number of hydrogen-bond acceptors (Lipinski definition) is 2. The van der Waals surface area contributed by atoms with Gasteiger partial charge in [-0.25, -0.2) is 9.59 Å². The predicted molar refractivity (Wildman–Crippen MR) is 58.2 cm³/mol. The molecule has 0 unspecified atom stereocenters. The van der Waals surface area contributed by atoms with Crippen LogP contribution in [0.1, 0.15) is 26.2 Å². The molecule has 0 bridgehead atoms. The molecule has 2 amide bonds. The van der Waals surface area contributed by atoms with Crippen LogP contribution in [-0.2, 0) is 4.79 Å². The molecule has 0 aliphatic heterocycles. The number of nitrogens with zero attached hydrogens (tertiary/aromatic N) is 1. The molecule has 0 aliphatic rings. The molecule has 2 N–H and O–H groups in total. The Morgan fingerprint density at radius 1 is 1.39 bits per heavy atom. The van der Waals surface area contributed by atoms with E-state index in [2.05, 4.69) is 5.32 Å². The molecule has 0 aromatic rings. The number of hydrogen-bond donors (Lipinski definition) is 2. The van der Waals surface area contributed by atoms with Crippen molar-refractivity contribution in [2.75, 3.05) is 13.6 Å². The van der Waals surface area contributed by atoms with E-state index in [1.807, 2.05) is 0 Å². The Kier molecular flexibility index (Phi) is 6.50. The van der Waals surface area contributed by atoms with Crippen LogP contribution in [0.4, 0.5) is 18.0 Å². The highest BCUT2D eigenvalue weighted by atomic mass is 19.4. The lowest BCUT2D eigenvalue weighted by molar-refractivity contribution is -0.140. The third-order valence-electron chi connectivity index (χ3n) is 2.25. The molecule has 0 aromatic carbocycles. The average molecular weight is 270 g/mol. The first kappa shape index (κ1) is 16.5. The van der Waals surface area contributed by atoms with Gasteiger partial charge in [-0.2, -0.15) is 13.2 Å². The number of carboxylic acid groups (broad SMARTS) is 1. The summed E-state index contributed by atoms with van der Waals surface area (Å²) in [5.41, 5.74) is 0. The molecule has 8 heteroatoms. The van der Waals surface area contributed by atoms with Crippen molar-refractivity contribution in [2.24, 2.45) is 0 Å². The van der Waals surface area contributed by atoms with Crippen molar-refractivity contribution < 1.29 is 27.9 Å². The van der Waals surface area contributed by atoms with E-state index in [0.29, 0.717) is 6.42 Å². The number of carbonyl (C=O) groups excluding carboxylic acids is 1. The van der Waals surface area contributed by atoms with Gasteiger partial charge in [0, 0.05) is 13.6 Å². The molecule has 0 radical (unpaired) electrons. The number of nitrogens with one attached hydrogen (secondary N) is 1. The maximum atomic E-state index is 11.9. The fourth-order valence-electron chi connectivity index (χ4n) is 1.20. The zero-order chi connectivity index (χ0) is 14.3. The summed E-state index contributed by atoms with van der Waals surface area (Å²) in [4.78, 5) is 23.0. The highest BCUT2D eigenvalue weighted by Gasteiger charge is 2.28. The number of amides is 2. The van der Waals surface area contributed by atoms with Crippen LogP contribution in [0.15, 0.2) is 0 Å². The molecule has 1 atom stereocenters. The van der Waals surface area contributed by atoms with Crippen molar-refractivity contribution in [1.82, 2.24) is 10.2 Å². The molecule has 5 nitrogen and oxygen atoms in total. The number of carboxylic acids is 1. The van der Waals surface area contributed by atoms with Gasteiger partial charge in [-0.3, -0.25) is 0 Å². The zero-order valence-electron chi connectivity index (χ0n) is 10.3. The number of halogens is 3. The summed E-state index contributed by atoms with van der Waals surface area (Å²) in [6.07, 6.45) is -4.69. The van der Waals surface area contributed by atoms with E-state index in [1.165, 1.54) is 7.05 Å². The van der Waals surface area contributed by atoms with Gasteiger partial charge in [-0.1, -0.05) is 13.3 Å². The van der Waals surface area contributed by atoms with Crippen molar-refractivity contribution in [3.8, 4) is 0 Å². The summed E-state index contributed by atoms with van der Waals surface area (Å²) in [7, 11) is 1.19. The van der Waals surface area contributed by atoms with Crippen LogP contribution in [0.5, 0.6) is 0 Å². The van der Waals surface area contributed by atoms with Gasteiger partial charge in [0.2, 0.25) is 0 Å². The molecule has 0 fully saturated rings. The topological polar surface area (TPSA) is 69.6 Å². The van der Waals surface area contributed by atoms with Gasteiger partial charge in [-0.05, 0) is 6.42 Å². The lowest BCUT2D eigenvalue weighted by atomic mass is 10.2. The lowest BCUT2D eigenvalue weighted by Gasteiger charge is -2.21. The highest BCUT2D eigenvalue weighted by Crippen LogP contribution is 2.19. The third kappa shape index (κ3) is 6.97. The second-order valence-corrected chi connectivity index (χ2v) is 3.92. The van der Waals surface area contributed by atoms with Crippen LogP contribution in [-0.4, -0.2) is 47.8 Å². The number of carbonyl (C=O) groups is 2. The lowest BCUT2D eigenvalue weighted by Crippen LogP contribution is -2.47. The molecule has 0 saturated heterocycles. The number of alkyl halides is 3. The first-order valence-corrected chi connectivity index (χ1v) is 5.48. The van der Waals surface area contributed by atoms with Crippen molar-refractivity contribution >= 4 is 12.0 Å². The second-order valence-electron chi connectivity index (χ2n) is 3.92. The Morgan fingerprint density at radius 3 is 2.33 bits per heavy atom. The molecule has 0 aliphatic carbocycles. The maximum Gasteiger partial charge on any atom is 0.390 e. The second kappa shape index (κ2) is 7.07. The normalized spacial score (nSPS) is 12.9. The van der Waals surface area contributed by atoms with Gasteiger partial charge in [0.15, 0.2) is 0 Å². The largest absolute Gasteiger partial charge is 0.480 e. The van der Waals surface area contributed by atoms with E-state index < -0.39 is 37.2 Å². The molecular weight excluding hydrogens is 253 g/mol. The average Bonchev–Trinajstić information content (AvgIpc) is 2.23. The van der Waals surface area contributed by atoms with Gasteiger partial charge in [0.05, 0.1) is 6.42 Å². The summed E-state index contributed by atoms with van der Waals surface area (Å²) >= 11 is 0. The molecule has 0 saturated carbocycles.